The molecule has 0 heterocycles. The Bertz CT molecular complexity index is 512. The van der Waals surface area contributed by atoms with E-state index in [0.717, 1.165) is 48.3 Å². The summed E-state index contributed by atoms with van der Waals surface area (Å²) < 4.78 is 0. The molecule has 7 unspecified atom stereocenters. The predicted molar refractivity (Wildman–Crippen MR) is 115 cm³/mol. The highest BCUT2D eigenvalue weighted by Crippen LogP contribution is 2.67. The van der Waals surface area contributed by atoms with E-state index < -0.39 is 0 Å². The second-order valence-electron chi connectivity index (χ2n) is 12.1. The maximum Gasteiger partial charge on any atom is 0.0543 e. The van der Waals surface area contributed by atoms with Crippen LogP contribution in [0.2, 0.25) is 0 Å². The molecule has 0 aliphatic heterocycles. The lowest BCUT2D eigenvalue weighted by Crippen LogP contribution is -2.53. The largest absolute Gasteiger partial charge is 0.393 e. The van der Waals surface area contributed by atoms with Gasteiger partial charge in [0.15, 0.2) is 0 Å². The summed E-state index contributed by atoms with van der Waals surface area (Å²) in [4.78, 5) is 0. The van der Waals surface area contributed by atoms with Crippen LogP contribution in [0.1, 0.15) is 111 Å². The number of hydrogen-bond acceptors (Lipinski definition) is 1. The second kappa shape index (κ2) is 7.66. The molecule has 4 aliphatic rings. The quantitative estimate of drug-likeness (QED) is 0.503. The average molecular weight is 375 g/mol. The summed E-state index contributed by atoms with van der Waals surface area (Å²) in [6.45, 7) is 10.1. The fourth-order valence-corrected chi connectivity index (χ4v) is 8.76. The highest BCUT2D eigenvalue weighted by molar-refractivity contribution is 5.09. The van der Waals surface area contributed by atoms with Crippen LogP contribution in [0.15, 0.2) is 0 Å². The summed E-state index contributed by atoms with van der Waals surface area (Å²) in [7, 11) is 0. The van der Waals surface area contributed by atoms with E-state index in [2.05, 4.69) is 27.7 Å². The highest BCUT2D eigenvalue weighted by atomic mass is 16.3. The first-order chi connectivity index (χ1) is 12.8. The minimum atomic E-state index is -0.00446. The molecule has 27 heavy (non-hydrogen) atoms. The Morgan fingerprint density at radius 3 is 2.37 bits per heavy atom. The van der Waals surface area contributed by atoms with Gasteiger partial charge in [0.1, 0.15) is 0 Å². The van der Waals surface area contributed by atoms with E-state index in [1.54, 1.807) is 0 Å². The Morgan fingerprint density at radius 1 is 0.852 bits per heavy atom. The molecular weight excluding hydrogens is 328 g/mol. The molecule has 8 atom stereocenters. The van der Waals surface area contributed by atoms with Gasteiger partial charge in [0.05, 0.1) is 6.10 Å². The summed E-state index contributed by atoms with van der Waals surface area (Å²) in [5, 5.41) is 10.2. The smallest absolute Gasteiger partial charge is 0.0543 e. The van der Waals surface area contributed by atoms with E-state index >= 15 is 0 Å². The van der Waals surface area contributed by atoms with Gasteiger partial charge in [0.2, 0.25) is 0 Å². The minimum Gasteiger partial charge on any atom is -0.393 e. The van der Waals surface area contributed by atoms with E-state index in [1.807, 2.05) is 0 Å². The van der Waals surface area contributed by atoms with Gasteiger partial charge in [0, 0.05) is 0 Å². The third-order valence-corrected chi connectivity index (χ3v) is 10.4. The summed E-state index contributed by atoms with van der Waals surface area (Å²) in [5.41, 5.74) is 1.19. The molecule has 0 saturated heterocycles. The van der Waals surface area contributed by atoms with Gasteiger partial charge >= 0.3 is 0 Å². The topological polar surface area (TPSA) is 20.2 Å². The van der Waals surface area contributed by atoms with Gasteiger partial charge < -0.3 is 5.11 Å². The van der Waals surface area contributed by atoms with Crippen molar-refractivity contribution < 1.29 is 5.11 Å². The van der Waals surface area contributed by atoms with E-state index in [0.29, 0.717) is 10.8 Å². The molecular formula is C26H46O. The van der Waals surface area contributed by atoms with E-state index in [9.17, 15) is 5.11 Å². The van der Waals surface area contributed by atoms with Crippen LogP contribution >= 0.6 is 0 Å². The molecule has 0 bridgehead atoms. The zero-order valence-electron chi connectivity index (χ0n) is 18.7. The molecule has 0 aromatic heterocycles. The molecule has 1 heteroatoms. The number of aliphatic hydroxyl groups excluding tert-OH is 1. The summed E-state index contributed by atoms with van der Waals surface area (Å²) >= 11 is 0. The first-order valence-electron chi connectivity index (χ1n) is 12.5. The van der Waals surface area contributed by atoms with Crippen molar-refractivity contribution in [2.24, 2.45) is 46.3 Å². The lowest BCUT2D eigenvalue weighted by Gasteiger charge is -2.61. The SMILES string of the molecule is CC(C)CCCC[C@H]1CCC2C3CCC4CC(O)CCC4(C)C3CCC21C. The minimum absolute atomic E-state index is 0.00446. The van der Waals surface area contributed by atoms with Crippen LogP contribution in [0.25, 0.3) is 0 Å². The van der Waals surface area contributed by atoms with Gasteiger partial charge in [-0.15, -0.1) is 0 Å². The third-order valence-electron chi connectivity index (χ3n) is 10.4. The Kier molecular flexibility index (Phi) is 5.74. The molecule has 4 saturated carbocycles. The standard InChI is InChI=1S/C26H46O/c1-18(2)7-5-6-8-19-10-12-23-22-11-9-20-17-21(27)13-15-26(20,4)24(22)14-16-25(19,23)3/h18-24,27H,5-17H2,1-4H3/t19-,20?,21?,22?,23?,24?,25?,26?/m0/s1. The van der Waals surface area contributed by atoms with E-state index in [-0.39, 0.29) is 6.10 Å². The first-order valence-corrected chi connectivity index (χ1v) is 12.5. The van der Waals surface area contributed by atoms with Crippen LogP contribution in [0.3, 0.4) is 0 Å². The van der Waals surface area contributed by atoms with Crippen molar-refractivity contribution in [2.75, 3.05) is 0 Å². The lowest BCUT2D eigenvalue weighted by atomic mass is 9.44. The molecule has 0 amide bonds. The third kappa shape index (κ3) is 3.53. The fraction of sp³-hybridized carbons (Fsp3) is 1.00. The number of unbranched alkanes of at least 4 members (excludes halogenated alkanes) is 1. The van der Waals surface area contributed by atoms with Crippen molar-refractivity contribution in [3.05, 3.63) is 0 Å². The Morgan fingerprint density at radius 2 is 1.59 bits per heavy atom. The molecule has 1 N–H and O–H groups in total. The Balaban J connectivity index is 1.43. The summed E-state index contributed by atoms with van der Waals surface area (Å²) in [6, 6.07) is 0. The predicted octanol–water partition coefficient (Wildman–Crippen LogP) is 7.22. The number of aliphatic hydroxyl groups is 1. The van der Waals surface area contributed by atoms with Crippen molar-refractivity contribution in [1.82, 2.24) is 0 Å². The Labute approximate surface area is 169 Å². The van der Waals surface area contributed by atoms with Crippen LogP contribution in [-0.2, 0) is 0 Å². The van der Waals surface area contributed by atoms with Gasteiger partial charge in [-0.3, -0.25) is 0 Å². The Hall–Kier alpha value is -0.0400. The van der Waals surface area contributed by atoms with Gasteiger partial charge in [-0.2, -0.15) is 0 Å². The van der Waals surface area contributed by atoms with Crippen molar-refractivity contribution in [3.63, 3.8) is 0 Å². The molecule has 0 aromatic carbocycles. The van der Waals surface area contributed by atoms with Crippen LogP contribution in [0, 0.1) is 46.3 Å². The van der Waals surface area contributed by atoms with Gasteiger partial charge in [-0.25, -0.2) is 0 Å². The van der Waals surface area contributed by atoms with Crippen LogP contribution in [0.5, 0.6) is 0 Å². The molecule has 1 nitrogen and oxygen atoms in total. The van der Waals surface area contributed by atoms with Crippen LogP contribution in [0.4, 0.5) is 0 Å². The highest BCUT2D eigenvalue weighted by Gasteiger charge is 2.59. The summed E-state index contributed by atoms with van der Waals surface area (Å²) in [5.74, 6) is 5.66. The van der Waals surface area contributed by atoms with Crippen molar-refractivity contribution >= 4 is 0 Å². The van der Waals surface area contributed by atoms with Crippen LogP contribution in [-0.4, -0.2) is 11.2 Å². The maximum atomic E-state index is 10.2. The fourth-order valence-electron chi connectivity index (χ4n) is 8.76. The normalized spacial score (nSPS) is 49.6. The molecule has 0 radical (unpaired) electrons. The monoisotopic (exact) mass is 374 g/mol. The summed E-state index contributed by atoms with van der Waals surface area (Å²) in [6.07, 6.45) is 18.2. The van der Waals surface area contributed by atoms with Crippen LogP contribution < -0.4 is 0 Å². The van der Waals surface area contributed by atoms with Gasteiger partial charge in [0.25, 0.3) is 0 Å². The second-order valence-corrected chi connectivity index (χ2v) is 12.1. The molecule has 4 rings (SSSR count). The molecule has 4 aliphatic carbocycles. The molecule has 4 fully saturated rings. The van der Waals surface area contributed by atoms with E-state index in [1.165, 1.54) is 70.6 Å². The molecule has 156 valence electrons. The molecule has 0 spiro atoms. The zero-order chi connectivity index (χ0) is 19.2. The van der Waals surface area contributed by atoms with Gasteiger partial charge in [-0.05, 0) is 111 Å². The van der Waals surface area contributed by atoms with Crippen molar-refractivity contribution in [1.29, 1.82) is 0 Å². The molecule has 0 aromatic rings. The van der Waals surface area contributed by atoms with E-state index in [4.69, 9.17) is 0 Å². The first kappa shape index (κ1) is 20.2. The average Bonchev–Trinajstić information content (AvgIpc) is 2.96. The van der Waals surface area contributed by atoms with Gasteiger partial charge in [-0.1, -0.05) is 47.0 Å². The lowest BCUT2D eigenvalue weighted by molar-refractivity contribution is -0.127. The zero-order valence-corrected chi connectivity index (χ0v) is 18.7. The number of rotatable bonds is 5. The number of hydrogen-bond donors (Lipinski definition) is 1. The number of fused-ring (bicyclic) bond motifs is 5. The van der Waals surface area contributed by atoms with Crippen molar-refractivity contribution in [2.45, 2.75) is 117 Å². The van der Waals surface area contributed by atoms with Crippen molar-refractivity contribution in [3.8, 4) is 0 Å². The maximum absolute atomic E-state index is 10.2.